The molecule has 0 fully saturated rings. The topological polar surface area (TPSA) is 90.1 Å². The van der Waals surface area contributed by atoms with Gasteiger partial charge in [-0.15, -0.1) is 0 Å². The van der Waals surface area contributed by atoms with Gasteiger partial charge in [0.1, 0.15) is 5.82 Å². The molecule has 0 radical (unpaired) electrons. The van der Waals surface area contributed by atoms with Gasteiger partial charge in [0, 0.05) is 31.1 Å². The van der Waals surface area contributed by atoms with E-state index in [-0.39, 0.29) is 22.8 Å². The van der Waals surface area contributed by atoms with Crippen LogP contribution in [0.2, 0.25) is 5.02 Å². The minimum Gasteiger partial charge on any atom is -0.348 e. The Balaban J connectivity index is 1.73. The van der Waals surface area contributed by atoms with Gasteiger partial charge in [-0.25, -0.2) is 9.37 Å². The zero-order chi connectivity index (χ0) is 18.7. The Hall–Kier alpha value is -3.26. The SMILES string of the molecule is O=C(NCc1ccc(-n2ccnc2)c(F)c1)c1cc([N+](=O)[O-])ccc1Cl. The third-order valence-corrected chi connectivity index (χ3v) is 3.98. The van der Waals surface area contributed by atoms with E-state index in [1.807, 2.05) is 0 Å². The van der Waals surface area contributed by atoms with Crippen LogP contribution in [0.4, 0.5) is 10.1 Å². The molecule has 3 aromatic rings. The van der Waals surface area contributed by atoms with Crippen LogP contribution >= 0.6 is 11.6 Å². The molecule has 7 nitrogen and oxygen atoms in total. The zero-order valence-corrected chi connectivity index (χ0v) is 14.0. The summed E-state index contributed by atoms with van der Waals surface area (Å²) in [7, 11) is 0. The number of carbonyl (C=O) groups excluding carboxylic acids is 1. The summed E-state index contributed by atoms with van der Waals surface area (Å²) in [6, 6.07) is 8.12. The van der Waals surface area contributed by atoms with Crippen molar-refractivity contribution >= 4 is 23.2 Å². The molecule has 26 heavy (non-hydrogen) atoms. The minimum absolute atomic E-state index is 0.0172. The maximum Gasteiger partial charge on any atom is 0.270 e. The van der Waals surface area contributed by atoms with E-state index in [4.69, 9.17) is 11.6 Å². The van der Waals surface area contributed by atoms with E-state index in [0.717, 1.165) is 6.07 Å². The molecule has 0 bridgehead atoms. The van der Waals surface area contributed by atoms with Gasteiger partial charge in [0.25, 0.3) is 11.6 Å². The average Bonchev–Trinajstić information content (AvgIpc) is 3.14. The van der Waals surface area contributed by atoms with E-state index in [0.29, 0.717) is 11.3 Å². The number of rotatable bonds is 5. The van der Waals surface area contributed by atoms with Crippen molar-refractivity contribution in [2.24, 2.45) is 0 Å². The monoisotopic (exact) mass is 374 g/mol. The highest BCUT2D eigenvalue weighted by Gasteiger charge is 2.16. The zero-order valence-electron chi connectivity index (χ0n) is 13.2. The molecule has 1 aromatic heterocycles. The van der Waals surface area contributed by atoms with E-state index in [1.54, 1.807) is 18.3 Å². The standard InChI is InChI=1S/C17H12ClFN4O3/c18-14-3-2-12(23(25)26)8-13(14)17(24)21-9-11-1-4-16(15(19)7-11)22-6-5-20-10-22/h1-8,10H,9H2,(H,21,24). The van der Waals surface area contributed by atoms with Crippen LogP contribution in [0.5, 0.6) is 0 Å². The van der Waals surface area contributed by atoms with Crippen LogP contribution in [-0.2, 0) is 6.54 Å². The smallest absolute Gasteiger partial charge is 0.270 e. The van der Waals surface area contributed by atoms with Gasteiger partial charge in [0.15, 0.2) is 0 Å². The molecule has 2 aromatic carbocycles. The highest BCUT2D eigenvalue weighted by molar-refractivity contribution is 6.33. The summed E-state index contributed by atoms with van der Waals surface area (Å²) < 4.78 is 15.7. The number of hydrogen-bond acceptors (Lipinski definition) is 4. The Morgan fingerprint density at radius 1 is 1.31 bits per heavy atom. The normalized spacial score (nSPS) is 10.5. The minimum atomic E-state index is -0.614. The first-order valence-electron chi connectivity index (χ1n) is 7.44. The molecular formula is C17H12ClFN4O3. The van der Waals surface area contributed by atoms with Crippen LogP contribution in [0.25, 0.3) is 5.69 Å². The number of nitrogens with one attached hydrogen (secondary N) is 1. The van der Waals surface area contributed by atoms with Crippen LogP contribution in [0, 0.1) is 15.9 Å². The molecule has 1 heterocycles. The molecule has 9 heteroatoms. The lowest BCUT2D eigenvalue weighted by molar-refractivity contribution is -0.384. The predicted molar refractivity (Wildman–Crippen MR) is 92.8 cm³/mol. The van der Waals surface area contributed by atoms with Gasteiger partial charge < -0.3 is 9.88 Å². The molecule has 0 spiro atoms. The number of hydrogen-bond donors (Lipinski definition) is 1. The molecule has 0 aliphatic carbocycles. The maximum atomic E-state index is 14.2. The van der Waals surface area contributed by atoms with Crippen molar-refractivity contribution in [1.29, 1.82) is 0 Å². The van der Waals surface area contributed by atoms with Crippen molar-refractivity contribution in [2.75, 3.05) is 0 Å². The van der Waals surface area contributed by atoms with Crippen LogP contribution in [0.15, 0.2) is 55.1 Å². The first-order chi connectivity index (χ1) is 12.5. The number of benzene rings is 2. The molecule has 0 saturated heterocycles. The van der Waals surface area contributed by atoms with Crippen LogP contribution in [-0.4, -0.2) is 20.4 Å². The molecule has 1 amide bonds. The summed E-state index contributed by atoms with van der Waals surface area (Å²) in [4.78, 5) is 26.3. The van der Waals surface area contributed by atoms with E-state index in [9.17, 15) is 19.3 Å². The number of nitro benzene ring substituents is 1. The molecule has 0 unspecified atom stereocenters. The van der Waals surface area contributed by atoms with Crippen molar-refractivity contribution in [3.05, 3.63) is 87.2 Å². The lowest BCUT2D eigenvalue weighted by Crippen LogP contribution is -2.23. The molecule has 0 atom stereocenters. The van der Waals surface area contributed by atoms with E-state index in [2.05, 4.69) is 10.3 Å². The van der Waals surface area contributed by atoms with E-state index < -0.39 is 16.6 Å². The molecule has 0 aliphatic rings. The first kappa shape index (κ1) is 17.6. The van der Waals surface area contributed by atoms with Gasteiger partial charge in [-0.05, 0) is 23.8 Å². The fourth-order valence-corrected chi connectivity index (χ4v) is 2.55. The second-order valence-electron chi connectivity index (χ2n) is 5.36. The number of carbonyl (C=O) groups is 1. The Kier molecular flexibility index (Phi) is 4.94. The third kappa shape index (κ3) is 3.70. The molecular weight excluding hydrogens is 363 g/mol. The maximum absolute atomic E-state index is 14.2. The van der Waals surface area contributed by atoms with Crippen molar-refractivity contribution in [1.82, 2.24) is 14.9 Å². The van der Waals surface area contributed by atoms with Gasteiger partial charge in [-0.2, -0.15) is 0 Å². The Morgan fingerprint density at radius 3 is 2.77 bits per heavy atom. The quantitative estimate of drug-likeness (QED) is 0.546. The van der Waals surface area contributed by atoms with Crippen molar-refractivity contribution in [3.63, 3.8) is 0 Å². The molecule has 3 rings (SSSR count). The van der Waals surface area contributed by atoms with Gasteiger partial charge in [0.05, 0.1) is 27.5 Å². The Labute approximate surface area is 152 Å². The van der Waals surface area contributed by atoms with Crippen LogP contribution < -0.4 is 5.32 Å². The number of imidazole rings is 1. The molecule has 132 valence electrons. The molecule has 1 N–H and O–H groups in total. The van der Waals surface area contributed by atoms with Gasteiger partial charge in [-0.1, -0.05) is 17.7 Å². The third-order valence-electron chi connectivity index (χ3n) is 3.65. The summed E-state index contributed by atoms with van der Waals surface area (Å²) >= 11 is 5.93. The number of non-ortho nitro benzene ring substituents is 1. The van der Waals surface area contributed by atoms with Crippen LogP contribution in [0.3, 0.4) is 0 Å². The summed E-state index contributed by atoms with van der Waals surface area (Å²) in [5, 5.41) is 13.5. The van der Waals surface area contributed by atoms with Gasteiger partial charge in [0.2, 0.25) is 0 Å². The lowest BCUT2D eigenvalue weighted by atomic mass is 10.1. The number of nitrogens with zero attached hydrogens (tertiary/aromatic N) is 3. The first-order valence-corrected chi connectivity index (χ1v) is 7.82. The number of nitro groups is 1. The summed E-state index contributed by atoms with van der Waals surface area (Å²) in [6.45, 7) is 0.0407. The average molecular weight is 375 g/mol. The van der Waals surface area contributed by atoms with Gasteiger partial charge >= 0.3 is 0 Å². The lowest BCUT2D eigenvalue weighted by Gasteiger charge is -2.09. The van der Waals surface area contributed by atoms with Crippen molar-refractivity contribution < 1.29 is 14.1 Å². The largest absolute Gasteiger partial charge is 0.348 e. The highest BCUT2D eigenvalue weighted by atomic mass is 35.5. The van der Waals surface area contributed by atoms with E-state index >= 15 is 0 Å². The highest BCUT2D eigenvalue weighted by Crippen LogP contribution is 2.22. The van der Waals surface area contributed by atoms with E-state index in [1.165, 1.54) is 35.3 Å². The summed E-state index contributed by atoms with van der Waals surface area (Å²) in [6.07, 6.45) is 4.63. The molecule has 0 aliphatic heterocycles. The number of aromatic nitrogens is 2. The van der Waals surface area contributed by atoms with Crippen LogP contribution in [0.1, 0.15) is 15.9 Å². The summed E-state index contributed by atoms with van der Waals surface area (Å²) in [5.74, 6) is -1.05. The molecule has 0 saturated carbocycles. The Morgan fingerprint density at radius 2 is 2.12 bits per heavy atom. The number of amides is 1. The summed E-state index contributed by atoms with van der Waals surface area (Å²) in [5.41, 5.74) is 0.604. The van der Waals surface area contributed by atoms with Gasteiger partial charge in [-0.3, -0.25) is 14.9 Å². The van der Waals surface area contributed by atoms with Crippen molar-refractivity contribution in [2.45, 2.75) is 6.54 Å². The number of halogens is 2. The fourth-order valence-electron chi connectivity index (χ4n) is 2.35. The fraction of sp³-hybridized carbons (Fsp3) is 0.0588. The second-order valence-corrected chi connectivity index (χ2v) is 5.77. The second kappa shape index (κ2) is 7.32. The van der Waals surface area contributed by atoms with Crippen molar-refractivity contribution in [3.8, 4) is 5.69 Å². The predicted octanol–water partition coefficient (Wildman–Crippen LogP) is 3.50. The Bertz CT molecular complexity index is 976.